The summed E-state index contributed by atoms with van der Waals surface area (Å²) in [4.78, 5) is 2.32. The molecule has 1 aliphatic heterocycles. The highest BCUT2D eigenvalue weighted by atomic mass is 16.4. The molecule has 1 atom stereocenters. The van der Waals surface area contributed by atoms with Crippen LogP contribution in [0.1, 0.15) is 5.56 Å². The molecule has 1 unspecified atom stereocenters. The highest BCUT2D eigenvalue weighted by molar-refractivity contribution is 6.25. The van der Waals surface area contributed by atoms with Gasteiger partial charge in [0.25, 0.3) is 0 Å². The number of nitrogens with one attached hydrogen (secondary N) is 1. The van der Waals surface area contributed by atoms with E-state index in [-0.39, 0.29) is 6.17 Å². The van der Waals surface area contributed by atoms with Gasteiger partial charge in [0.2, 0.25) is 5.88 Å². The largest absolute Gasteiger partial charge is 0.440 e. The van der Waals surface area contributed by atoms with Crippen molar-refractivity contribution < 1.29 is 4.42 Å². The van der Waals surface area contributed by atoms with Crippen molar-refractivity contribution in [3.05, 3.63) is 157 Å². The molecule has 3 heteroatoms. The third kappa shape index (κ3) is 3.90. The summed E-state index contributed by atoms with van der Waals surface area (Å²) < 4.78 is 6.22. The Balaban J connectivity index is 1.12. The van der Waals surface area contributed by atoms with Crippen LogP contribution >= 0.6 is 0 Å². The van der Waals surface area contributed by atoms with Crippen molar-refractivity contribution in [2.45, 2.75) is 6.17 Å². The van der Waals surface area contributed by atoms with Crippen LogP contribution in [0, 0.1) is 0 Å². The first-order chi connectivity index (χ1) is 21.8. The molecular formula is C41H28N2O. The van der Waals surface area contributed by atoms with Gasteiger partial charge in [-0.2, -0.15) is 0 Å². The van der Waals surface area contributed by atoms with E-state index >= 15 is 0 Å². The Morgan fingerprint density at radius 1 is 0.477 bits per heavy atom. The molecule has 0 saturated carbocycles. The molecule has 0 radical (unpaired) electrons. The Hall–Kier alpha value is -5.80. The van der Waals surface area contributed by atoms with Gasteiger partial charge in [-0.05, 0) is 92.0 Å². The van der Waals surface area contributed by atoms with Crippen molar-refractivity contribution in [3.8, 4) is 11.1 Å². The van der Waals surface area contributed by atoms with Crippen molar-refractivity contribution >= 4 is 66.6 Å². The normalized spacial score (nSPS) is 14.2. The topological polar surface area (TPSA) is 28.4 Å². The highest BCUT2D eigenvalue weighted by Gasteiger charge is 2.25. The summed E-state index contributed by atoms with van der Waals surface area (Å²) in [6.45, 7) is 0. The first kappa shape index (κ1) is 24.8. The molecule has 7 aromatic carbocycles. The predicted molar refractivity (Wildman–Crippen MR) is 186 cm³/mol. The van der Waals surface area contributed by atoms with Crippen molar-refractivity contribution in [2.75, 3.05) is 10.2 Å². The monoisotopic (exact) mass is 564 g/mol. The number of furan rings is 1. The molecule has 0 bridgehead atoms. The third-order valence-electron chi connectivity index (χ3n) is 8.89. The third-order valence-corrected chi connectivity index (χ3v) is 8.89. The van der Waals surface area contributed by atoms with E-state index in [0.29, 0.717) is 0 Å². The standard InChI is InChI=1S/C41H28N2O/c1-2-10-29(11-3-1)43(40-25-24-37-36-16-8-9-17-39(36)44-41(37)42-40)30-21-18-27(19-22-30)28-20-23-35-33-14-5-4-12-31(33)32-13-6-7-15-34(32)38(35)26-28/h1-26,40,42H. The number of benzene rings is 7. The molecule has 1 N–H and O–H groups in total. The minimum absolute atomic E-state index is 0.114. The van der Waals surface area contributed by atoms with Crippen LogP contribution in [0.5, 0.6) is 0 Å². The lowest BCUT2D eigenvalue weighted by molar-refractivity contribution is 0.616. The molecule has 208 valence electrons. The zero-order valence-corrected chi connectivity index (χ0v) is 23.9. The van der Waals surface area contributed by atoms with Gasteiger partial charge in [-0.25, -0.2) is 0 Å². The Morgan fingerprint density at radius 2 is 1.02 bits per heavy atom. The number of rotatable bonds is 4. The molecule has 8 aromatic rings. The van der Waals surface area contributed by atoms with Crippen LogP contribution in [0.25, 0.3) is 60.5 Å². The maximum Gasteiger partial charge on any atom is 0.203 e. The Bertz CT molecular complexity index is 2330. The SMILES string of the molecule is C1=CC(N(c2ccccc2)c2ccc(-c3ccc4c5ccccc5c5ccccc5c4c3)cc2)Nc2oc3ccccc3c21. The summed E-state index contributed by atoms with van der Waals surface area (Å²) in [7, 11) is 0. The Kier molecular flexibility index (Phi) is 5.57. The van der Waals surface area contributed by atoms with Crippen LogP contribution in [-0.2, 0) is 0 Å². The van der Waals surface area contributed by atoms with E-state index < -0.39 is 0 Å². The molecular weight excluding hydrogens is 536 g/mol. The van der Waals surface area contributed by atoms with Crippen molar-refractivity contribution in [1.29, 1.82) is 0 Å². The molecule has 0 fully saturated rings. The zero-order valence-electron chi connectivity index (χ0n) is 23.9. The summed E-state index contributed by atoms with van der Waals surface area (Å²) in [5.41, 5.74) is 6.58. The second-order valence-electron chi connectivity index (χ2n) is 11.4. The Labute approximate surface area is 255 Å². The van der Waals surface area contributed by atoms with E-state index in [0.717, 1.165) is 33.8 Å². The molecule has 0 aliphatic carbocycles. The van der Waals surface area contributed by atoms with Gasteiger partial charge in [0.15, 0.2) is 0 Å². The summed E-state index contributed by atoms with van der Waals surface area (Å²) in [6.07, 6.45) is 4.27. The van der Waals surface area contributed by atoms with Gasteiger partial charge in [-0.15, -0.1) is 0 Å². The fourth-order valence-electron chi connectivity index (χ4n) is 6.82. The maximum absolute atomic E-state index is 6.22. The number of hydrogen-bond donors (Lipinski definition) is 1. The van der Waals surface area contributed by atoms with Crippen molar-refractivity contribution in [1.82, 2.24) is 0 Å². The van der Waals surface area contributed by atoms with Crippen molar-refractivity contribution in [3.63, 3.8) is 0 Å². The van der Waals surface area contributed by atoms with Crippen LogP contribution in [0.2, 0.25) is 0 Å². The summed E-state index contributed by atoms with van der Waals surface area (Å²) in [5.74, 6) is 0.798. The summed E-state index contributed by atoms with van der Waals surface area (Å²) >= 11 is 0. The van der Waals surface area contributed by atoms with Gasteiger partial charge in [0, 0.05) is 22.3 Å². The zero-order chi connectivity index (χ0) is 29.0. The Morgan fingerprint density at radius 3 is 1.73 bits per heavy atom. The van der Waals surface area contributed by atoms with Crippen LogP contribution in [-0.4, -0.2) is 6.17 Å². The lowest BCUT2D eigenvalue weighted by Crippen LogP contribution is -2.37. The van der Waals surface area contributed by atoms with Crippen molar-refractivity contribution in [2.24, 2.45) is 0 Å². The van der Waals surface area contributed by atoms with E-state index in [2.05, 4.69) is 156 Å². The minimum atomic E-state index is -0.114. The second-order valence-corrected chi connectivity index (χ2v) is 11.4. The van der Waals surface area contributed by atoms with Crippen LogP contribution in [0.15, 0.2) is 156 Å². The molecule has 44 heavy (non-hydrogen) atoms. The second kappa shape index (κ2) is 9.89. The lowest BCUT2D eigenvalue weighted by atomic mass is 9.92. The minimum Gasteiger partial charge on any atom is -0.440 e. The van der Waals surface area contributed by atoms with E-state index in [1.165, 1.54) is 43.4 Å². The summed E-state index contributed by atoms with van der Waals surface area (Å²) in [6, 6.07) is 52.0. The van der Waals surface area contributed by atoms with Gasteiger partial charge in [-0.3, -0.25) is 0 Å². The quantitative estimate of drug-likeness (QED) is 0.216. The van der Waals surface area contributed by atoms with Gasteiger partial charge >= 0.3 is 0 Å². The van der Waals surface area contributed by atoms with Crippen LogP contribution < -0.4 is 10.2 Å². The lowest BCUT2D eigenvalue weighted by Gasteiger charge is -2.34. The molecule has 0 spiro atoms. The van der Waals surface area contributed by atoms with Crippen LogP contribution in [0.3, 0.4) is 0 Å². The number of para-hydroxylation sites is 2. The number of hydrogen-bond acceptors (Lipinski definition) is 3. The molecule has 1 aromatic heterocycles. The molecule has 2 heterocycles. The number of nitrogens with zero attached hydrogens (tertiary/aromatic N) is 1. The molecule has 0 saturated heterocycles. The number of anilines is 3. The van der Waals surface area contributed by atoms with E-state index in [1.807, 2.05) is 12.1 Å². The number of fused-ring (bicyclic) bond motifs is 9. The average Bonchev–Trinajstić information content (AvgIpc) is 3.47. The van der Waals surface area contributed by atoms with Gasteiger partial charge in [0.1, 0.15) is 11.7 Å². The van der Waals surface area contributed by atoms with E-state index in [1.54, 1.807) is 0 Å². The fraction of sp³-hybridized carbons (Fsp3) is 0.0244. The summed E-state index contributed by atoms with van der Waals surface area (Å²) in [5, 5.41) is 12.5. The first-order valence-electron chi connectivity index (χ1n) is 15.1. The van der Waals surface area contributed by atoms with Gasteiger partial charge < -0.3 is 14.6 Å². The molecule has 3 nitrogen and oxygen atoms in total. The predicted octanol–water partition coefficient (Wildman–Crippen LogP) is 11.2. The average molecular weight is 565 g/mol. The van der Waals surface area contributed by atoms with E-state index in [9.17, 15) is 0 Å². The molecule has 0 amide bonds. The first-order valence-corrected chi connectivity index (χ1v) is 15.1. The highest BCUT2D eigenvalue weighted by Crippen LogP contribution is 2.40. The van der Waals surface area contributed by atoms with Crippen LogP contribution in [0.4, 0.5) is 17.3 Å². The fourth-order valence-corrected chi connectivity index (χ4v) is 6.82. The van der Waals surface area contributed by atoms with Gasteiger partial charge in [0.05, 0.1) is 0 Å². The maximum atomic E-state index is 6.22. The molecule has 1 aliphatic rings. The van der Waals surface area contributed by atoms with Gasteiger partial charge in [-0.1, -0.05) is 109 Å². The molecule has 9 rings (SSSR count). The van der Waals surface area contributed by atoms with E-state index in [4.69, 9.17) is 4.42 Å². The smallest absolute Gasteiger partial charge is 0.203 e.